The van der Waals surface area contributed by atoms with Crippen LogP contribution in [0.4, 0.5) is 0 Å². The number of amides is 1. The highest BCUT2D eigenvalue weighted by molar-refractivity contribution is 6.17. The molecule has 0 atom stereocenters. The van der Waals surface area contributed by atoms with E-state index < -0.39 is 0 Å². The lowest BCUT2D eigenvalue weighted by Crippen LogP contribution is -2.34. The molecule has 118 valence electrons. The Morgan fingerprint density at radius 3 is 2.10 bits per heavy atom. The fourth-order valence-electron chi connectivity index (χ4n) is 2.35. The molecule has 0 heterocycles. The van der Waals surface area contributed by atoms with E-state index in [2.05, 4.69) is 18.7 Å². The van der Waals surface area contributed by atoms with Crippen molar-refractivity contribution in [1.29, 1.82) is 0 Å². The molecule has 1 amide bonds. The molecule has 0 aromatic heterocycles. The number of halogens is 1. The lowest BCUT2D eigenvalue weighted by Gasteiger charge is -2.23. The summed E-state index contributed by atoms with van der Waals surface area (Å²) in [4.78, 5) is 16.8. The summed E-state index contributed by atoms with van der Waals surface area (Å²) >= 11 is 5.77. The van der Waals surface area contributed by atoms with Crippen molar-refractivity contribution in [3.63, 3.8) is 0 Å². The van der Waals surface area contributed by atoms with E-state index in [1.807, 2.05) is 36.1 Å². The van der Waals surface area contributed by atoms with Gasteiger partial charge in [0.1, 0.15) is 0 Å². The smallest absolute Gasteiger partial charge is 0.253 e. The van der Waals surface area contributed by atoms with E-state index >= 15 is 0 Å². The number of carbonyl (C=O) groups is 1. The Kier molecular flexibility index (Phi) is 8.40. The van der Waals surface area contributed by atoms with Crippen molar-refractivity contribution < 1.29 is 4.79 Å². The molecule has 1 aromatic carbocycles. The van der Waals surface area contributed by atoms with Crippen molar-refractivity contribution in [3.05, 3.63) is 35.4 Å². The van der Waals surface area contributed by atoms with Gasteiger partial charge in [0.2, 0.25) is 0 Å². The van der Waals surface area contributed by atoms with Crippen LogP contribution in [0, 0.1) is 0 Å². The van der Waals surface area contributed by atoms with Crippen LogP contribution >= 0.6 is 11.6 Å². The third-order valence-corrected chi connectivity index (χ3v) is 4.13. The minimum Gasteiger partial charge on any atom is -0.339 e. The topological polar surface area (TPSA) is 23.6 Å². The molecular formula is C17H27ClN2O. The first-order valence-electron chi connectivity index (χ1n) is 7.82. The van der Waals surface area contributed by atoms with Crippen molar-refractivity contribution in [1.82, 2.24) is 9.80 Å². The van der Waals surface area contributed by atoms with Crippen molar-refractivity contribution in [3.8, 4) is 0 Å². The second-order valence-corrected chi connectivity index (χ2v) is 5.36. The van der Waals surface area contributed by atoms with Gasteiger partial charge >= 0.3 is 0 Å². The monoisotopic (exact) mass is 310 g/mol. The molecule has 0 saturated carbocycles. The summed E-state index contributed by atoms with van der Waals surface area (Å²) in [7, 11) is 0. The predicted molar refractivity (Wildman–Crippen MR) is 90.0 cm³/mol. The summed E-state index contributed by atoms with van der Waals surface area (Å²) in [6, 6.07) is 7.58. The van der Waals surface area contributed by atoms with Gasteiger partial charge in [-0.05, 0) is 50.7 Å². The van der Waals surface area contributed by atoms with E-state index in [-0.39, 0.29) is 5.91 Å². The summed E-state index contributed by atoms with van der Waals surface area (Å²) in [5, 5.41) is 0. The molecule has 0 unspecified atom stereocenters. The average Bonchev–Trinajstić information content (AvgIpc) is 2.55. The maximum atomic E-state index is 12.5. The van der Waals surface area contributed by atoms with Crippen LogP contribution in [0.15, 0.2) is 24.3 Å². The number of hydrogen-bond donors (Lipinski definition) is 0. The Morgan fingerprint density at radius 1 is 1.00 bits per heavy atom. The largest absolute Gasteiger partial charge is 0.339 e. The summed E-state index contributed by atoms with van der Waals surface area (Å²) in [5.74, 6) is 0.591. The molecule has 0 bridgehead atoms. The van der Waals surface area contributed by atoms with Crippen LogP contribution in [0.2, 0.25) is 0 Å². The molecular weight excluding hydrogens is 284 g/mol. The van der Waals surface area contributed by atoms with Crippen LogP contribution in [0.25, 0.3) is 0 Å². The molecule has 0 spiro atoms. The molecule has 0 N–H and O–H groups in total. The van der Waals surface area contributed by atoms with Crippen LogP contribution in [-0.4, -0.2) is 48.4 Å². The zero-order valence-corrected chi connectivity index (χ0v) is 14.2. The molecule has 0 radical (unpaired) electrons. The minimum absolute atomic E-state index is 0.109. The van der Waals surface area contributed by atoms with Gasteiger partial charge in [-0.3, -0.25) is 4.79 Å². The first-order chi connectivity index (χ1) is 10.2. The van der Waals surface area contributed by atoms with Crippen LogP contribution in [0.5, 0.6) is 0 Å². The Hall–Kier alpha value is -1.06. The molecule has 0 saturated heterocycles. The molecule has 1 rings (SSSR count). The summed E-state index contributed by atoms with van der Waals surface area (Å²) in [5.41, 5.74) is 1.78. The highest BCUT2D eigenvalue weighted by Gasteiger charge is 2.14. The average molecular weight is 311 g/mol. The SMILES string of the molecule is CCN(CC)CCCN(CC)C(=O)c1ccc(CCl)cc1. The highest BCUT2D eigenvalue weighted by atomic mass is 35.5. The first kappa shape index (κ1) is 18.0. The zero-order valence-electron chi connectivity index (χ0n) is 13.4. The maximum absolute atomic E-state index is 12.5. The van der Waals surface area contributed by atoms with Gasteiger partial charge in [0.25, 0.3) is 5.91 Å². The molecule has 0 aliphatic heterocycles. The highest BCUT2D eigenvalue weighted by Crippen LogP contribution is 2.10. The third kappa shape index (κ3) is 5.68. The Morgan fingerprint density at radius 2 is 1.62 bits per heavy atom. The van der Waals surface area contributed by atoms with Crippen molar-refractivity contribution >= 4 is 17.5 Å². The van der Waals surface area contributed by atoms with Gasteiger partial charge in [-0.15, -0.1) is 11.6 Å². The van der Waals surface area contributed by atoms with Crippen LogP contribution < -0.4 is 0 Å². The molecule has 1 aromatic rings. The third-order valence-electron chi connectivity index (χ3n) is 3.82. The van der Waals surface area contributed by atoms with Crippen LogP contribution in [0.1, 0.15) is 43.1 Å². The fourth-order valence-corrected chi connectivity index (χ4v) is 2.53. The standard InChI is InChI=1S/C17H27ClN2O/c1-4-19(5-2)12-7-13-20(6-3)17(21)16-10-8-15(14-18)9-11-16/h8-11H,4-7,12-14H2,1-3H3. The Balaban J connectivity index is 2.55. The molecule has 0 aliphatic rings. The van der Waals surface area contributed by atoms with Gasteiger partial charge in [0.15, 0.2) is 0 Å². The van der Waals surface area contributed by atoms with E-state index in [1.165, 1.54) is 0 Å². The van der Waals surface area contributed by atoms with Gasteiger partial charge in [-0.1, -0.05) is 26.0 Å². The van der Waals surface area contributed by atoms with Gasteiger partial charge in [-0.25, -0.2) is 0 Å². The second-order valence-electron chi connectivity index (χ2n) is 5.10. The predicted octanol–water partition coefficient (Wildman–Crippen LogP) is 3.62. The van der Waals surface area contributed by atoms with Gasteiger partial charge < -0.3 is 9.80 Å². The number of hydrogen-bond acceptors (Lipinski definition) is 2. The second kappa shape index (κ2) is 9.80. The number of rotatable bonds is 9. The number of benzene rings is 1. The van der Waals surface area contributed by atoms with Crippen molar-refractivity contribution in [2.24, 2.45) is 0 Å². The molecule has 0 fully saturated rings. The van der Waals surface area contributed by atoms with Gasteiger partial charge in [0, 0.05) is 24.5 Å². The minimum atomic E-state index is 0.109. The van der Waals surface area contributed by atoms with Crippen LogP contribution in [-0.2, 0) is 5.88 Å². The van der Waals surface area contributed by atoms with E-state index in [0.717, 1.165) is 50.3 Å². The maximum Gasteiger partial charge on any atom is 0.253 e. The molecule has 0 aliphatic carbocycles. The lowest BCUT2D eigenvalue weighted by molar-refractivity contribution is 0.0757. The number of alkyl halides is 1. The van der Waals surface area contributed by atoms with Crippen LogP contribution in [0.3, 0.4) is 0 Å². The summed E-state index contributed by atoms with van der Waals surface area (Å²) in [6.07, 6.45) is 1.01. The molecule has 21 heavy (non-hydrogen) atoms. The van der Waals surface area contributed by atoms with Crippen molar-refractivity contribution in [2.45, 2.75) is 33.1 Å². The Labute approximate surface area is 133 Å². The zero-order chi connectivity index (χ0) is 15.7. The van der Waals surface area contributed by atoms with Gasteiger partial charge in [0.05, 0.1) is 0 Å². The molecule has 4 heteroatoms. The summed E-state index contributed by atoms with van der Waals surface area (Å²) in [6.45, 7) is 11.1. The number of carbonyl (C=O) groups excluding carboxylic acids is 1. The van der Waals surface area contributed by atoms with E-state index in [0.29, 0.717) is 5.88 Å². The number of nitrogens with zero attached hydrogens (tertiary/aromatic N) is 2. The normalized spacial score (nSPS) is 10.9. The van der Waals surface area contributed by atoms with E-state index in [1.54, 1.807) is 0 Å². The van der Waals surface area contributed by atoms with E-state index in [9.17, 15) is 4.79 Å². The fraction of sp³-hybridized carbons (Fsp3) is 0.588. The van der Waals surface area contributed by atoms with Crippen molar-refractivity contribution in [2.75, 3.05) is 32.7 Å². The quantitative estimate of drug-likeness (QED) is 0.650. The van der Waals surface area contributed by atoms with Gasteiger partial charge in [-0.2, -0.15) is 0 Å². The lowest BCUT2D eigenvalue weighted by atomic mass is 10.1. The van der Waals surface area contributed by atoms with E-state index in [4.69, 9.17) is 11.6 Å². The Bertz CT molecular complexity index is 415. The molecule has 3 nitrogen and oxygen atoms in total. The first-order valence-corrected chi connectivity index (χ1v) is 8.36. The summed E-state index contributed by atoms with van der Waals surface area (Å²) < 4.78 is 0.